The van der Waals surface area contributed by atoms with Gasteiger partial charge in [0.1, 0.15) is 5.69 Å². The summed E-state index contributed by atoms with van der Waals surface area (Å²) in [5.41, 5.74) is 1.57. The fourth-order valence-corrected chi connectivity index (χ4v) is 2.49. The minimum atomic E-state index is -0.0852. The van der Waals surface area contributed by atoms with E-state index in [9.17, 15) is 4.79 Å². The Morgan fingerprint density at radius 3 is 3.15 bits per heavy atom. The lowest BCUT2D eigenvalue weighted by atomic mass is 10.2. The van der Waals surface area contributed by atoms with Crippen LogP contribution < -0.4 is 5.32 Å². The van der Waals surface area contributed by atoms with Gasteiger partial charge in [-0.2, -0.15) is 0 Å². The first-order valence-electron chi connectivity index (χ1n) is 6.88. The number of amides is 1. The van der Waals surface area contributed by atoms with Gasteiger partial charge in [-0.05, 0) is 19.2 Å². The Morgan fingerprint density at radius 2 is 2.35 bits per heavy atom. The standard InChI is InChI=1S/C15H19N3O2/c1-18-6-7-20-12(10-18)9-16-15(19)14-8-11-4-2-3-5-13(11)17-14/h2-5,8,12,17H,6-7,9-10H2,1H3,(H,16,19). The first-order chi connectivity index (χ1) is 9.72. The van der Waals surface area contributed by atoms with E-state index in [1.807, 2.05) is 30.3 Å². The molecule has 1 amide bonds. The van der Waals surface area contributed by atoms with Crippen LogP contribution in [-0.4, -0.2) is 55.2 Å². The minimum absolute atomic E-state index is 0.0714. The van der Waals surface area contributed by atoms with Crippen LogP contribution in [0, 0.1) is 0 Å². The Kier molecular flexibility index (Phi) is 3.71. The van der Waals surface area contributed by atoms with Crippen LogP contribution in [-0.2, 0) is 4.74 Å². The van der Waals surface area contributed by atoms with Crippen LogP contribution >= 0.6 is 0 Å². The van der Waals surface area contributed by atoms with Crippen molar-refractivity contribution in [3.8, 4) is 0 Å². The van der Waals surface area contributed by atoms with Crippen molar-refractivity contribution < 1.29 is 9.53 Å². The second kappa shape index (κ2) is 5.64. The third-order valence-corrected chi connectivity index (χ3v) is 3.61. The third-order valence-electron chi connectivity index (χ3n) is 3.61. The molecule has 2 N–H and O–H groups in total. The van der Waals surface area contributed by atoms with Crippen molar-refractivity contribution in [1.29, 1.82) is 0 Å². The van der Waals surface area contributed by atoms with Crippen molar-refractivity contribution in [2.24, 2.45) is 0 Å². The van der Waals surface area contributed by atoms with Crippen molar-refractivity contribution >= 4 is 16.8 Å². The second-order valence-electron chi connectivity index (χ2n) is 5.24. The number of fused-ring (bicyclic) bond motifs is 1. The van der Waals surface area contributed by atoms with Gasteiger partial charge in [-0.1, -0.05) is 18.2 Å². The molecule has 2 heterocycles. The van der Waals surface area contributed by atoms with E-state index in [1.54, 1.807) is 0 Å². The highest BCUT2D eigenvalue weighted by Gasteiger charge is 2.19. The first-order valence-corrected chi connectivity index (χ1v) is 6.88. The van der Waals surface area contributed by atoms with Gasteiger partial charge >= 0.3 is 0 Å². The van der Waals surface area contributed by atoms with Crippen LogP contribution in [0.5, 0.6) is 0 Å². The average Bonchev–Trinajstić information content (AvgIpc) is 2.89. The van der Waals surface area contributed by atoms with E-state index in [4.69, 9.17) is 4.74 Å². The molecule has 1 aromatic carbocycles. The molecule has 2 aromatic rings. The molecule has 0 saturated carbocycles. The molecule has 1 aromatic heterocycles. The van der Waals surface area contributed by atoms with Crippen molar-refractivity contribution in [2.75, 3.05) is 33.3 Å². The van der Waals surface area contributed by atoms with Crippen molar-refractivity contribution in [1.82, 2.24) is 15.2 Å². The monoisotopic (exact) mass is 273 g/mol. The summed E-state index contributed by atoms with van der Waals surface area (Å²) in [5, 5.41) is 3.98. The molecule has 1 atom stereocenters. The highest BCUT2D eigenvalue weighted by Crippen LogP contribution is 2.14. The van der Waals surface area contributed by atoms with Crippen LogP contribution in [0.2, 0.25) is 0 Å². The van der Waals surface area contributed by atoms with Gasteiger partial charge in [-0.15, -0.1) is 0 Å². The van der Waals surface area contributed by atoms with Gasteiger partial charge in [-0.3, -0.25) is 4.79 Å². The Bertz CT molecular complexity index is 575. The van der Waals surface area contributed by atoms with Crippen molar-refractivity contribution in [3.63, 3.8) is 0 Å². The van der Waals surface area contributed by atoms with Gasteiger partial charge in [0, 0.05) is 30.5 Å². The molecule has 0 aliphatic carbocycles. The van der Waals surface area contributed by atoms with E-state index in [0.717, 1.165) is 30.6 Å². The van der Waals surface area contributed by atoms with E-state index in [0.29, 0.717) is 12.2 Å². The predicted octanol–water partition coefficient (Wildman–Crippen LogP) is 1.23. The van der Waals surface area contributed by atoms with Crippen molar-refractivity contribution in [2.45, 2.75) is 6.10 Å². The van der Waals surface area contributed by atoms with Crippen LogP contribution in [0.15, 0.2) is 30.3 Å². The Morgan fingerprint density at radius 1 is 1.50 bits per heavy atom. The smallest absolute Gasteiger partial charge is 0.267 e. The maximum absolute atomic E-state index is 12.1. The van der Waals surface area contributed by atoms with Gasteiger partial charge in [-0.25, -0.2) is 0 Å². The van der Waals surface area contributed by atoms with Gasteiger partial charge in [0.15, 0.2) is 0 Å². The number of rotatable bonds is 3. The summed E-state index contributed by atoms with van der Waals surface area (Å²) in [7, 11) is 2.06. The van der Waals surface area contributed by atoms with Gasteiger partial charge in [0.05, 0.1) is 12.7 Å². The van der Waals surface area contributed by atoms with Gasteiger partial charge < -0.3 is 19.9 Å². The lowest BCUT2D eigenvalue weighted by Gasteiger charge is -2.30. The van der Waals surface area contributed by atoms with Crippen LogP contribution in [0.3, 0.4) is 0 Å². The molecular weight excluding hydrogens is 254 g/mol. The number of ether oxygens (including phenoxy) is 1. The predicted molar refractivity (Wildman–Crippen MR) is 77.9 cm³/mol. The Labute approximate surface area is 117 Å². The summed E-state index contributed by atoms with van der Waals surface area (Å²) in [6.45, 7) is 3.07. The molecule has 20 heavy (non-hydrogen) atoms. The number of carbonyl (C=O) groups excluding carboxylic acids is 1. The zero-order valence-electron chi connectivity index (χ0n) is 11.6. The van der Waals surface area contributed by atoms with E-state index in [-0.39, 0.29) is 12.0 Å². The molecule has 5 heteroatoms. The maximum Gasteiger partial charge on any atom is 0.267 e. The number of morpholine rings is 1. The number of H-pyrrole nitrogens is 1. The van der Waals surface area contributed by atoms with E-state index in [1.165, 1.54) is 0 Å². The summed E-state index contributed by atoms with van der Waals surface area (Å²) >= 11 is 0. The number of aromatic amines is 1. The average molecular weight is 273 g/mol. The van der Waals surface area contributed by atoms with E-state index >= 15 is 0 Å². The van der Waals surface area contributed by atoms with Gasteiger partial charge in [0.2, 0.25) is 0 Å². The SMILES string of the molecule is CN1CCOC(CNC(=O)c2cc3ccccc3[nH]2)C1. The number of hydrogen-bond acceptors (Lipinski definition) is 3. The lowest BCUT2D eigenvalue weighted by molar-refractivity contribution is -0.0175. The maximum atomic E-state index is 12.1. The Balaban J connectivity index is 1.61. The summed E-state index contributed by atoms with van der Waals surface area (Å²) in [6.07, 6.45) is 0.0714. The number of likely N-dealkylation sites (N-methyl/N-ethyl adjacent to an activating group) is 1. The zero-order chi connectivity index (χ0) is 13.9. The fraction of sp³-hybridized carbons (Fsp3) is 0.400. The molecule has 1 saturated heterocycles. The highest BCUT2D eigenvalue weighted by atomic mass is 16.5. The fourth-order valence-electron chi connectivity index (χ4n) is 2.49. The number of nitrogens with zero attached hydrogens (tertiary/aromatic N) is 1. The molecule has 0 spiro atoms. The molecule has 0 radical (unpaired) electrons. The molecule has 1 aliphatic rings. The summed E-state index contributed by atoms with van der Waals surface area (Å²) < 4.78 is 5.63. The summed E-state index contributed by atoms with van der Waals surface area (Å²) in [6, 6.07) is 9.74. The quantitative estimate of drug-likeness (QED) is 0.884. The Hall–Kier alpha value is -1.85. The molecule has 1 unspecified atom stereocenters. The molecule has 5 nitrogen and oxygen atoms in total. The number of carbonyl (C=O) groups is 1. The molecule has 1 fully saturated rings. The van der Waals surface area contributed by atoms with Crippen molar-refractivity contribution in [3.05, 3.63) is 36.0 Å². The number of aromatic nitrogens is 1. The second-order valence-corrected chi connectivity index (χ2v) is 5.24. The number of hydrogen-bond donors (Lipinski definition) is 2. The number of nitrogens with one attached hydrogen (secondary N) is 2. The van der Waals surface area contributed by atoms with Crippen LogP contribution in [0.4, 0.5) is 0 Å². The lowest BCUT2D eigenvalue weighted by Crippen LogP contribution is -2.45. The number of para-hydroxylation sites is 1. The molecule has 106 valence electrons. The topological polar surface area (TPSA) is 57.4 Å². The van der Waals surface area contributed by atoms with Crippen LogP contribution in [0.25, 0.3) is 10.9 Å². The zero-order valence-corrected chi connectivity index (χ0v) is 11.6. The summed E-state index contributed by atoms with van der Waals surface area (Å²) in [5.74, 6) is -0.0852. The highest BCUT2D eigenvalue weighted by molar-refractivity contribution is 5.97. The van der Waals surface area contributed by atoms with E-state index in [2.05, 4.69) is 22.2 Å². The number of benzene rings is 1. The first kappa shape index (κ1) is 13.1. The minimum Gasteiger partial charge on any atom is -0.374 e. The summed E-state index contributed by atoms with van der Waals surface area (Å²) in [4.78, 5) is 17.5. The normalized spacial score (nSPS) is 20.1. The molecule has 1 aliphatic heterocycles. The van der Waals surface area contributed by atoms with E-state index < -0.39 is 0 Å². The molecule has 0 bridgehead atoms. The van der Waals surface area contributed by atoms with Crippen LogP contribution in [0.1, 0.15) is 10.5 Å². The van der Waals surface area contributed by atoms with Gasteiger partial charge in [0.25, 0.3) is 5.91 Å². The third kappa shape index (κ3) is 2.84. The largest absolute Gasteiger partial charge is 0.374 e. The molecular formula is C15H19N3O2. The molecule has 3 rings (SSSR count).